The molecule has 0 aromatic carbocycles. The summed E-state index contributed by atoms with van der Waals surface area (Å²) in [4.78, 5) is 1.27. The van der Waals surface area contributed by atoms with Crippen LogP contribution in [0.5, 0.6) is 0 Å². The van der Waals surface area contributed by atoms with Gasteiger partial charge in [0.1, 0.15) is 0 Å². The van der Waals surface area contributed by atoms with Gasteiger partial charge in [0.2, 0.25) is 0 Å². The zero-order chi connectivity index (χ0) is 12.3. The highest BCUT2D eigenvalue weighted by atomic mass is 19.3. The minimum atomic E-state index is -2.51. The molecule has 17 heavy (non-hydrogen) atoms. The number of nitrogens with zero attached hydrogens (tertiary/aromatic N) is 6. The number of aliphatic hydroxyl groups excluding tert-OH is 1. The van der Waals surface area contributed by atoms with Crippen molar-refractivity contribution in [3.63, 3.8) is 0 Å². The lowest BCUT2D eigenvalue weighted by atomic mass is 10.4. The molecule has 2 rings (SSSR count). The average molecular weight is 244 g/mol. The fraction of sp³-hybridized carbons (Fsp3) is 0.500. The lowest BCUT2D eigenvalue weighted by Crippen LogP contribution is -2.32. The van der Waals surface area contributed by atoms with Crippen LogP contribution in [-0.4, -0.2) is 56.5 Å². The smallest absolute Gasteiger partial charge is 0.255 e. The quantitative estimate of drug-likeness (QED) is 0.769. The SMILES string of the molecule is OCCN(CC(F)F)c1ccc2nnnn2n1. The van der Waals surface area contributed by atoms with Crippen LogP contribution in [0.3, 0.4) is 0 Å². The van der Waals surface area contributed by atoms with Crippen molar-refractivity contribution < 1.29 is 13.9 Å². The van der Waals surface area contributed by atoms with Crippen molar-refractivity contribution >= 4 is 11.5 Å². The second kappa shape index (κ2) is 4.95. The molecule has 0 aliphatic heterocycles. The van der Waals surface area contributed by atoms with Crippen molar-refractivity contribution in [2.24, 2.45) is 0 Å². The molecule has 0 saturated carbocycles. The zero-order valence-corrected chi connectivity index (χ0v) is 8.74. The molecule has 2 aromatic heterocycles. The second-order valence-corrected chi connectivity index (χ2v) is 3.28. The maximum atomic E-state index is 12.3. The van der Waals surface area contributed by atoms with Crippen molar-refractivity contribution in [1.82, 2.24) is 25.3 Å². The Morgan fingerprint density at radius 3 is 2.94 bits per heavy atom. The van der Waals surface area contributed by atoms with Gasteiger partial charge < -0.3 is 10.0 Å². The summed E-state index contributed by atoms with van der Waals surface area (Å²) >= 11 is 0. The molecule has 0 radical (unpaired) electrons. The van der Waals surface area contributed by atoms with Gasteiger partial charge in [0, 0.05) is 6.54 Å². The van der Waals surface area contributed by atoms with E-state index < -0.39 is 13.0 Å². The molecule has 0 fully saturated rings. The molecule has 2 heterocycles. The Balaban J connectivity index is 2.26. The minimum Gasteiger partial charge on any atom is -0.395 e. The second-order valence-electron chi connectivity index (χ2n) is 3.28. The van der Waals surface area contributed by atoms with E-state index in [9.17, 15) is 8.78 Å². The number of aromatic nitrogens is 5. The zero-order valence-electron chi connectivity index (χ0n) is 8.74. The molecule has 0 aliphatic carbocycles. The van der Waals surface area contributed by atoms with E-state index in [1.54, 1.807) is 6.07 Å². The van der Waals surface area contributed by atoms with Crippen LogP contribution in [0, 0.1) is 0 Å². The van der Waals surface area contributed by atoms with Gasteiger partial charge in [-0.15, -0.1) is 14.8 Å². The largest absolute Gasteiger partial charge is 0.395 e. The summed E-state index contributed by atoms with van der Waals surface area (Å²) in [6.07, 6.45) is -2.51. The van der Waals surface area contributed by atoms with Crippen molar-refractivity contribution in [2.45, 2.75) is 6.43 Å². The molecule has 9 heteroatoms. The number of tetrazole rings is 1. The summed E-state index contributed by atoms with van der Waals surface area (Å²) < 4.78 is 25.8. The van der Waals surface area contributed by atoms with E-state index in [1.807, 2.05) is 0 Å². The first-order valence-electron chi connectivity index (χ1n) is 4.90. The van der Waals surface area contributed by atoms with E-state index in [2.05, 4.69) is 20.6 Å². The van der Waals surface area contributed by atoms with Crippen LogP contribution >= 0.6 is 0 Å². The Kier molecular flexibility index (Phi) is 3.38. The predicted molar refractivity (Wildman–Crippen MR) is 53.9 cm³/mol. The highest BCUT2D eigenvalue weighted by Gasteiger charge is 2.14. The van der Waals surface area contributed by atoms with Crippen molar-refractivity contribution in [3.05, 3.63) is 12.1 Å². The van der Waals surface area contributed by atoms with E-state index in [1.165, 1.54) is 11.0 Å². The van der Waals surface area contributed by atoms with E-state index >= 15 is 0 Å². The maximum Gasteiger partial charge on any atom is 0.255 e. The van der Waals surface area contributed by atoms with E-state index in [0.29, 0.717) is 11.5 Å². The minimum absolute atomic E-state index is 0.0744. The Morgan fingerprint density at radius 1 is 1.41 bits per heavy atom. The van der Waals surface area contributed by atoms with Crippen LogP contribution in [0.25, 0.3) is 5.65 Å². The van der Waals surface area contributed by atoms with Crippen LogP contribution in [0.15, 0.2) is 12.1 Å². The Labute approximate surface area is 94.6 Å². The summed E-state index contributed by atoms with van der Waals surface area (Å²) in [6.45, 7) is -0.659. The summed E-state index contributed by atoms with van der Waals surface area (Å²) in [5.41, 5.74) is 0.426. The molecule has 0 atom stereocenters. The van der Waals surface area contributed by atoms with Crippen LogP contribution in [0.2, 0.25) is 0 Å². The highest BCUT2D eigenvalue weighted by Crippen LogP contribution is 2.11. The predicted octanol–water partition coefficient (Wildman–Crippen LogP) is -0.417. The fourth-order valence-electron chi connectivity index (χ4n) is 1.40. The third-order valence-corrected chi connectivity index (χ3v) is 2.11. The summed E-state index contributed by atoms with van der Waals surface area (Å²) in [6, 6.07) is 3.10. The van der Waals surface area contributed by atoms with Crippen LogP contribution in [-0.2, 0) is 0 Å². The molecule has 0 spiro atoms. The summed E-state index contributed by atoms with van der Waals surface area (Å²) in [5.74, 6) is 0.291. The van der Waals surface area contributed by atoms with Gasteiger partial charge in [-0.05, 0) is 22.6 Å². The van der Waals surface area contributed by atoms with Crippen molar-refractivity contribution in [3.8, 4) is 0 Å². The van der Waals surface area contributed by atoms with Crippen LogP contribution in [0.4, 0.5) is 14.6 Å². The van der Waals surface area contributed by atoms with Crippen LogP contribution < -0.4 is 4.90 Å². The molecule has 0 saturated heterocycles. The lowest BCUT2D eigenvalue weighted by molar-refractivity contribution is 0.152. The van der Waals surface area contributed by atoms with Gasteiger partial charge in [0.15, 0.2) is 11.5 Å². The molecular weight excluding hydrogens is 234 g/mol. The van der Waals surface area contributed by atoms with E-state index in [-0.39, 0.29) is 13.2 Å². The first kappa shape index (κ1) is 11.6. The van der Waals surface area contributed by atoms with Gasteiger partial charge >= 0.3 is 0 Å². The number of halogens is 2. The summed E-state index contributed by atoms with van der Waals surface area (Å²) in [5, 5.41) is 23.4. The van der Waals surface area contributed by atoms with Gasteiger partial charge in [0.05, 0.1) is 13.2 Å². The standard InChI is InChI=1S/C8H10F2N6O/c9-6(10)5-15(3-4-17)8-2-1-7-11-13-14-16(7)12-8/h1-2,6,17H,3-5H2. The number of alkyl halides is 2. The average Bonchev–Trinajstić information content (AvgIpc) is 2.74. The third-order valence-electron chi connectivity index (χ3n) is 2.11. The Morgan fingerprint density at radius 2 is 2.24 bits per heavy atom. The first-order valence-corrected chi connectivity index (χ1v) is 4.90. The molecular formula is C8H10F2N6O. The molecule has 0 amide bonds. The molecule has 0 aliphatic rings. The van der Waals surface area contributed by atoms with Gasteiger partial charge in [0.25, 0.3) is 6.43 Å². The van der Waals surface area contributed by atoms with Gasteiger partial charge in [-0.25, -0.2) is 8.78 Å². The monoisotopic (exact) mass is 244 g/mol. The highest BCUT2D eigenvalue weighted by molar-refractivity contribution is 5.44. The summed E-state index contributed by atoms with van der Waals surface area (Å²) in [7, 11) is 0. The number of aliphatic hydroxyl groups is 1. The molecule has 2 aromatic rings. The van der Waals surface area contributed by atoms with E-state index in [4.69, 9.17) is 5.11 Å². The lowest BCUT2D eigenvalue weighted by Gasteiger charge is -2.21. The van der Waals surface area contributed by atoms with Gasteiger partial charge in [-0.2, -0.15) is 0 Å². The first-order chi connectivity index (χ1) is 8.20. The number of rotatable bonds is 5. The Bertz CT molecular complexity index is 490. The fourth-order valence-corrected chi connectivity index (χ4v) is 1.40. The van der Waals surface area contributed by atoms with Crippen molar-refractivity contribution in [1.29, 1.82) is 0 Å². The van der Waals surface area contributed by atoms with E-state index in [0.717, 1.165) is 4.63 Å². The Hall–Kier alpha value is -1.90. The third kappa shape index (κ3) is 2.61. The number of anilines is 1. The topological polar surface area (TPSA) is 79.4 Å². The molecule has 0 bridgehead atoms. The van der Waals surface area contributed by atoms with Crippen LogP contribution in [0.1, 0.15) is 0 Å². The normalized spacial score (nSPS) is 11.3. The molecule has 1 N–H and O–H groups in total. The number of hydrogen-bond acceptors (Lipinski definition) is 6. The van der Waals surface area contributed by atoms with Gasteiger partial charge in [-0.3, -0.25) is 0 Å². The maximum absolute atomic E-state index is 12.3. The number of hydrogen-bond donors (Lipinski definition) is 1. The van der Waals surface area contributed by atoms with Gasteiger partial charge in [-0.1, -0.05) is 0 Å². The number of fused-ring (bicyclic) bond motifs is 1. The molecule has 92 valence electrons. The van der Waals surface area contributed by atoms with Crippen molar-refractivity contribution in [2.75, 3.05) is 24.6 Å². The molecule has 7 nitrogen and oxygen atoms in total. The molecule has 0 unspecified atom stereocenters.